The number of anilines is 1. The van der Waals surface area contributed by atoms with Crippen LogP contribution in [0.3, 0.4) is 0 Å². The highest BCUT2D eigenvalue weighted by Crippen LogP contribution is 2.31. The molecule has 6 nitrogen and oxygen atoms in total. The third kappa shape index (κ3) is 4.38. The number of carbonyl (C=O) groups is 1. The topological polar surface area (TPSA) is 84.5 Å². The molecule has 0 fully saturated rings. The summed E-state index contributed by atoms with van der Waals surface area (Å²) in [6, 6.07) is 16.2. The summed E-state index contributed by atoms with van der Waals surface area (Å²) in [7, 11) is 0. The zero-order valence-electron chi connectivity index (χ0n) is 15.1. The predicted molar refractivity (Wildman–Crippen MR) is 120 cm³/mol. The number of carbonyl (C=O) groups excluding carboxylic acids is 1. The van der Waals surface area contributed by atoms with Gasteiger partial charge >= 0.3 is 5.63 Å². The van der Waals surface area contributed by atoms with Crippen molar-refractivity contribution in [3.05, 3.63) is 86.9 Å². The molecule has 2 aromatic carbocycles. The van der Waals surface area contributed by atoms with Gasteiger partial charge in [-0.05, 0) is 66.8 Å². The highest BCUT2D eigenvalue weighted by molar-refractivity contribution is 7.80. The van der Waals surface area contributed by atoms with Crippen molar-refractivity contribution in [2.24, 2.45) is 0 Å². The summed E-state index contributed by atoms with van der Waals surface area (Å²) in [5.74, 6) is -0.0206. The predicted octanol–water partition coefficient (Wildman–Crippen LogP) is 5.49. The minimum Gasteiger partial charge on any atom is -0.451 e. The molecule has 2 aromatic heterocycles. The molecule has 4 rings (SSSR count). The fourth-order valence-corrected chi connectivity index (χ4v) is 3.48. The largest absolute Gasteiger partial charge is 0.451 e. The van der Waals surface area contributed by atoms with E-state index in [0.29, 0.717) is 38.0 Å². The van der Waals surface area contributed by atoms with E-state index < -0.39 is 11.5 Å². The van der Waals surface area contributed by atoms with Crippen LogP contribution in [0.1, 0.15) is 10.6 Å². The van der Waals surface area contributed by atoms with Crippen molar-refractivity contribution in [3.8, 4) is 11.3 Å². The van der Waals surface area contributed by atoms with Gasteiger partial charge in [-0.2, -0.15) is 0 Å². The molecule has 2 heterocycles. The molecule has 2 N–H and O–H groups in total. The van der Waals surface area contributed by atoms with Crippen molar-refractivity contribution in [3.63, 3.8) is 0 Å². The number of furan rings is 1. The first kappa shape index (κ1) is 20.2. The fraction of sp³-hybridized carbons (Fsp3) is 0. The van der Waals surface area contributed by atoms with E-state index in [9.17, 15) is 9.59 Å². The molecule has 4 aromatic rings. The van der Waals surface area contributed by atoms with E-state index in [1.807, 2.05) is 0 Å². The van der Waals surface area contributed by atoms with Gasteiger partial charge < -0.3 is 14.2 Å². The Morgan fingerprint density at radius 3 is 2.57 bits per heavy atom. The summed E-state index contributed by atoms with van der Waals surface area (Å²) in [6.45, 7) is 0. The normalized spacial score (nSPS) is 10.7. The summed E-state index contributed by atoms with van der Waals surface area (Å²) in [5, 5.41) is 7.16. The lowest BCUT2D eigenvalue weighted by Crippen LogP contribution is -2.33. The lowest BCUT2D eigenvalue weighted by atomic mass is 10.2. The van der Waals surface area contributed by atoms with Crippen LogP contribution < -0.4 is 16.3 Å². The molecule has 0 saturated carbocycles. The molecule has 0 aliphatic heterocycles. The minimum absolute atomic E-state index is 0.0699. The van der Waals surface area contributed by atoms with Crippen LogP contribution in [0.5, 0.6) is 0 Å². The summed E-state index contributed by atoms with van der Waals surface area (Å²) in [6.07, 6.45) is 0. The van der Waals surface area contributed by atoms with Crippen LogP contribution in [0, 0.1) is 0 Å². The quantitative estimate of drug-likeness (QED) is 0.312. The summed E-state index contributed by atoms with van der Waals surface area (Å²) in [4.78, 5) is 23.7. The number of halogens is 2. The van der Waals surface area contributed by atoms with Crippen LogP contribution in [-0.2, 0) is 0 Å². The lowest BCUT2D eigenvalue weighted by molar-refractivity contribution is 0.0951. The molecule has 150 valence electrons. The van der Waals surface area contributed by atoms with E-state index in [-0.39, 0.29) is 10.9 Å². The smallest absolute Gasteiger partial charge is 0.336 e. The zero-order chi connectivity index (χ0) is 21.3. The third-order valence-electron chi connectivity index (χ3n) is 4.13. The maximum absolute atomic E-state index is 12.4. The first-order valence-electron chi connectivity index (χ1n) is 8.60. The van der Waals surface area contributed by atoms with Crippen LogP contribution >= 0.6 is 35.4 Å². The summed E-state index contributed by atoms with van der Waals surface area (Å²) >= 11 is 17.3. The molecule has 0 bridgehead atoms. The second kappa shape index (κ2) is 8.31. The maximum Gasteiger partial charge on any atom is 0.336 e. The molecule has 1 amide bonds. The number of rotatable bonds is 3. The number of thiocarbonyl (C=S) groups is 1. The molecular formula is C21H12Cl2N2O4S. The molecule has 0 aliphatic rings. The van der Waals surface area contributed by atoms with Gasteiger partial charge in [0.25, 0.3) is 5.91 Å². The van der Waals surface area contributed by atoms with Crippen LogP contribution in [0.2, 0.25) is 10.0 Å². The standard InChI is InChI=1S/C21H12Cl2N2O4S/c22-12-2-4-14(15(23)10-12)17-6-7-18(28-17)20(27)25-21(30)24-13-3-5-16-11(9-13)1-8-19(26)29-16/h1-10H,(H2,24,25,27,30). The Hall–Kier alpha value is -3.13. The first-order valence-corrected chi connectivity index (χ1v) is 9.77. The number of hydrogen-bond acceptors (Lipinski definition) is 5. The molecular weight excluding hydrogens is 447 g/mol. The van der Waals surface area contributed by atoms with Crippen molar-refractivity contribution in [1.29, 1.82) is 0 Å². The lowest BCUT2D eigenvalue weighted by Gasteiger charge is -2.09. The van der Waals surface area contributed by atoms with Crippen LogP contribution in [-0.4, -0.2) is 11.0 Å². The second-order valence-corrected chi connectivity index (χ2v) is 7.46. The Balaban J connectivity index is 1.45. The van der Waals surface area contributed by atoms with E-state index in [4.69, 9.17) is 44.3 Å². The van der Waals surface area contributed by atoms with E-state index in [1.54, 1.807) is 48.5 Å². The van der Waals surface area contributed by atoms with Gasteiger partial charge in [0, 0.05) is 27.7 Å². The van der Waals surface area contributed by atoms with Crippen LogP contribution in [0.15, 0.2) is 74.3 Å². The second-order valence-electron chi connectivity index (χ2n) is 6.20. The van der Waals surface area contributed by atoms with Crippen molar-refractivity contribution in [1.82, 2.24) is 5.32 Å². The molecule has 0 radical (unpaired) electrons. The molecule has 0 saturated heterocycles. The Morgan fingerprint density at radius 1 is 0.933 bits per heavy atom. The number of amides is 1. The van der Waals surface area contributed by atoms with Gasteiger partial charge in [-0.3, -0.25) is 10.1 Å². The average molecular weight is 459 g/mol. The summed E-state index contributed by atoms with van der Waals surface area (Å²) in [5.41, 5.74) is 1.26. The number of nitrogens with one attached hydrogen (secondary N) is 2. The monoisotopic (exact) mass is 458 g/mol. The third-order valence-corrected chi connectivity index (χ3v) is 4.88. The van der Waals surface area contributed by atoms with Gasteiger partial charge in [0.1, 0.15) is 11.3 Å². The number of benzene rings is 2. The van der Waals surface area contributed by atoms with Gasteiger partial charge in [0.05, 0.1) is 5.02 Å². The van der Waals surface area contributed by atoms with E-state index in [1.165, 1.54) is 12.1 Å². The van der Waals surface area contributed by atoms with Crippen molar-refractivity contribution in [2.45, 2.75) is 0 Å². The zero-order valence-corrected chi connectivity index (χ0v) is 17.4. The Morgan fingerprint density at radius 2 is 1.77 bits per heavy atom. The van der Waals surface area contributed by atoms with Gasteiger partial charge in [-0.1, -0.05) is 23.2 Å². The fourth-order valence-electron chi connectivity index (χ4n) is 2.77. The molecule has 0 spiro atoms. The number of fused-ring (bicyclic) bond motifs is 1. The van der Waals surface area contributed by atoms with Gasteiger partial charge in [-0.25, -0.2) is 4.79 Å². The van der Waals surface area contributed by atoms with Gasteiger partial charge in [0.15, 0.2) is 10.9 Å². The van der Waals surface area contributed by atoms with Crippen molar-refractivity contribution < 1.29 is 13.6 Å². The highest BCUT2D eigenvalue weighted by Gasteiger charge is 2.15. The average Bonchev–Trinajstić information content (AvgIpc) is 3.18. The van der Waals surface area contributed by atoms with Crippen LogP contribution in [0.25, 0.3) is 22.3 Å². The SMILES string of the molecule is O=C(NC(=S)Nc1ccc2oc(=O)ccc2c1)c1ccc(-c2ccc(Cl)cc2Cl)o1. The van der Waals surface area contributed by atoms with Crippen molar-refractivity contribution in [2.75, 3.05) is 5.32 Å². The van der Waals surface area contributed by atoms with Crippen molar-refractivity contribution >= 4 is 63.1 Å². The Bertz CT molecular complexity index is 1350. The highest BCUT2D eigenvalue weighted by atomic mass is 35.5. The van der Waals surface area contributed by atoms with E-state index in [0.717, 1.165) is 0 Å². The maximum atomic E-state index is 12.4. The Labute approximate surface area is 185 Å². The van der Waals surface area contributed by atoms with Crippen LogP contribution in [0.4, 0.5) is 5.69 Å². The van der Waals surface area contributed by atoms with Gasteiger partial charge in [0.2, 0.25) is 0 Å². The Kier molecular flexibility index (Phi) is 5.59. The summed E-state index contributed by atoms with van der Waals surface area (Å²) < 4.78 is 10.7. The van der Waals surface area contributed by atoms with Gasteiger partial charge in [-0.15, -0.1) is 0 Å². The number of hydrogen-bond donors (Lipinski definition) is 2. The van der Waals surface area contributed by atoms with E-state index in [2.05, 4.69) is 10.6 Å². The van der Waals surface area contributed by atoms with E-state index >= 15 is 0 Å². The first-order chi connectivity index (χ1) is 14.4. The molecule has 0 aliphatic carbocycles. The minimum atomic E-state index is -0.518. The molecule has 30 heavy (non-hydrogen) atoms. The molecule has 0 atom stereocenters. The molecule has 9 heteroatoms. The molecule has 0 unspecified atom stereocenters.